The van der Waals surface area contributed by atoms with Crippen molar-refractivity contribution in [1.82, 2.24) is 0 Å². The van der Waals surface area contributed by atoms with E-state index in [0.717, 1.165) is 0 Å². The lowest BCUT2D eigenvalue weighted by Gasteiger charge is -2.32. The highest BCUT2D eigenvalue weighted by Gasteiger charge is 2.35. The Morgan fingerprint density at radius 1 is 0.644 bits per heavy atom. The fourth-order valence-electron chi connectivity index (χ4n) is 4.40. The summed E-state index contributed by atoms with van der Waals surface area (Å²) >= 11 is 0. The van der Waals surface area contributed by atoms with Crippen molar-refractivity contribution in [3.8, 4) is 34.5 Å². The molecule has 0 radical (unpaired) electrons. The number of carbonyl (C=O) groups excluding carboxylic acids is 2. The van der Waals surface area contributed by atoms with Crippen molar-refractivity contribution in [2.75, 3.05) is 62.5 Å². The second kappa shape index (κ2) is 16.4. The molecule has 1 N–H and O–H groups in total. The molecular formula is C33H40O12. The normalized spacial score (nSPS) is 12.7. The lowest BCUT2D eigenvalue weighted by Crippen LogP contribution is -2.39. The second-order valence-corrected chi connectivity index (χ2v) is 9.91. The third kappa shape index (κ3) is 8.49. The molecule has 0 bridgehead atoms. The Bertz CT molecular complexity index is 1370. The van der Waals surface area contributed by atoms with E-state index in [0.29, 0.717) is 40.5 Å². The average Bonchev–Trinajstić information content (AvgIpc) is 3.09. The van der Waals surface area contributed by atoms with Gasteiger partial charge in [0.15, 0.2) is 29.3 Å². The molecule has 0 heterocycles. The van der Waals surface area contributed by atoms with Gasteiger partial charge in [0, 0.05) is 5.56 Å². The summed E-state index contributed by atoms with van der Waals surface area (Å²) in [6, 6.07) is 14.5. The number of hydrogen-bond donors (Lipinski definition) is 1. The van der Waals surface area contributed by atoms with E-state index in [1.54, 1.807) is 42.5 Å². The molecule has 0 aromatic heterocycles. The number of hydrogen-bond acceptors (Lipinski definition) is 12. The smallest absolute Gasteiger partial charge is 0.338 e. The van der Waals surface area contributed by atoms with Gasteiger partial charge in [-0.3, -0.25) is 0 Å². The lowest BCUT2D eigenvalue weighted by atomic mass is 9.88. The van der Waals surface area contributed by atoms with Crippen molar-refractivity contribution in [2.45, 2.75) is 19.6 Å². The van der Waals surface area contributed by atoms with Crippen LogP contribution in [0, 0.1) is 5.41 Å². The van der Waals surface area contributed by atoms with Gasteiger partial charge in [-0.2, -0.15) is 0 Å². The van der Waals surface area contributed by atoms with E-state index in [2.05, 4.69) is 0 Å². The minimum atomic E-state index is -1.44. The summed E-state index contributed by atoms with van der Waals surface area (Å²) in [4.78, 5) is 26.1. The number of aliphatic hydroxyl groups is 1. The molecule has 12 nitrogen and oxygen atoms in total. The summed E-state index contributed by atoms with van der Waals surface area (Å²) in [5.74, 6) is 0.631. The molecule has 45 heavy (non-hydrogen) atoms. The van der Waals surface area contributed by atoms with Gasteiger partial charge in [-0.15, -0.1) is 0 Å². The zero-order valence-corrected chi connectivity index (χ0v) is 26.5. The Morgan fingerprint density at radius 3 is 1.51 bits per heavy atom. The van der Waals surface area contributed by atoms with Crippen molar-refractivity contribution in [2.24, 2.45) is 5.41 Å². The van der Waals surface area contributed by atoms with Crippen LogP contribution in [0.15, 0.2) is 54.6 Å². The van der Waals surface area contributed by atoms with Crippen molar-refractivity contribution in [3.05, 3.63) is 71.3 Å². The van der Waals surface area contributed by atoms with Crippen LogP contribution in [-0.2, 0) is 14.2 Å². The molecule has 3 aromatic rings. The molecular weight excluding hydrogens is 588 g/mol. The molecule has 0 aliphatic rings. The molecule has 0 aliphatic heterocycles. The largest absolute Gasteiger partial charge is 0.493 e. The lowest BCUT2D eigenvalue weighted by molar-refractivity contribution is -0.146. The van der Waals surface area contributed by atoms with E-state index in [1.165, 1.54) is 54.8 Å². The molecule has 0 saturated carbocycles. The van der Waals surface area contributed by atoms with Crippen LogP contribution in [0.4, 0.5) is 0 Å². The van der Waals surface area contributed by atoms with Crippen molar-refractivity contribution < 1.29 is 57.3 Å². The molecule has 244 valence electrons. The summed E-state index contributed by atoms with van der Waals surface area (Å²) in [5.41, 5.74) is -0.225. The predicted molar refractivity (Wildman–Crippen MR) is 163 cm³/mol. The number of methoxy groups -OCH3 is 6. The number of aliphatic hydroxyl groups excluding tert-OH is 1. The molecule has 0 saturated heterocycles. The number of carbonyl (C=O) groups is 2. The summed E-state index contributed by atoms with van der Waals surface area (Å²) in [7, 11) is 8.72. The van der Waals surface area contributed by atoms with Gasteiger partial charge in [-0.1, -0.05) is 25.1 Å². The van der Waals surface area contributed by atoms with Gasteiger partial charge in [0.05, 0.1) is 65.8 Å². The molecule has 12 heteroatoms. The van der Waals surface area contributed by atoms with Gasteiger partial charge in [0.1, 0.15) is 13.2 Å². The van der Waals surface area contributed by atoms with Crippen LogP contribution in [-0.4, -0.2) is 79.5 Å². The number of ether oxygens (including phenoxy) is 9. The highest BCUT2D eigenvalue weighted by molar-refractivity contribution is 5.91. The first-order chi connectivity index (χ1) is 21.7. The Hall–Kier alpha value is -4.68. The fraction of sp³-hybridized carbons (Fsp3) is 0.394. The fourth-order valence-corrected chi connectivity index (χ4v) is 4.40. The van der Waals surface area contributed by atoms with Crippen molar-refractivity contribution in [3.63, 3.8) is 0 Å². The molecule has 0 aliphatic carbocycles. The van der Waals surface area contributed by atoms with E-state index in [1.807, 2.05) is 6.92 Å². The average molecular weight is 629 g/mol. The first-order valence-electron chi connectivity index (χ1n) is 14.0. The maximum Gasteiger partial charge on any atom is 0.338 e. The van der Waals surface area contributed by atoms with E-state index in [-0.39, 0.29) is 36.9 Å². The summed E-state index contributed by atoms with van der Waals surface area (Å²) in [6.07, 6.45) is -1.10. The van der Waals surface area contributed by atoms with Crippen molar-refractivity contribution >= 4 is 11.9 Å². The molecule has 0 spiro atoms. The topological polar surface area (TPSA) is 137 Å². The second-order valence-electron chi connectivity index (χ2n) is 9.91. The Kier molecular flexibility index (Phi) is 12.7. The van der Waals surface area contributed by atoms with E-state index in [4.69, 9.17) is 42.6 Å². The first-order valence-corrected chi connectivity index (χ1v) is 14.0. The third-order valence-corrected chi connectivity index (χ3v) is 7.20. The van der Waals surface area contributed by atoms with Gasteiger partial charge in [-0.05, 0) is 42.8 Å². The monoisotopic (exact) mass is 628 g/mol. The summed E-state index contributed by atoms with van der Waals surface area (Å²) in [6.45, 7) is 1.27. The van der Waals surface area contributed by atoms with Crippen LogP contribution >= 0.6 is 0 Å². The van der Waals surface area contributed by atoms with Crippen LogP contribution in [0.1, 0.15) is 45.9 Å². The van der Waals surface area contributed by atoms with Crippen LogP contribution in [0.3, 0.4) is 0 Å². The Labute approximate surface area is 262 Å². The first kappa shape index (κ1) is 34.8. The Morgan fingerprint density at radius 2 is 1.09 bits per heavy atom. The van der Waals surface area contributed by atoms with Crippen LogP contribution in [0.5, 0.6) is 34.5 Å². The van der Waals surface area contributed by atoms with E-state index >= 15 is 0 Å². The number of rotatable bonds is 17. The van der Waals surface area contributed by atoms with Crippen LogP contribution < -0.4 is 28.4 Å². The molecule has 2 atom stereocenters. The summed E-state index contributed by atoms with van der Waals surface area (Å²) in [5, 5.41) is 11.0. The van der Waals surface area contributed by atoms with Gasteiger partial charge < -0.3 is 47.7 Å². The highest BCUT2D eigenvalue weighted by atomic mass is 16.6. The SMILES string of the molecule is CCC(COC(=O)c1ccccc1)(COC(=O)c1cc(OC)c(OC)c(OC)c1)COC(O)c1cc(OC)c(OC)c(OC)c1. The molecule has 3 rings (SSSR count). The van der Waals surface area contributed by atoms with E-state index in [9.17, 15) is 14.7 Å². The van der Waals surface area contributed by atoms with Gasteiger partial charge >= 0.3 is 11.9 Å². The maximum absolute atomic E-state index is 13.3. The van der Waals surface area contributed by atoms with Gasteiger partial charge in [0.25, 0.3) is 0 Å². The predicted octanol–water partition coefficient (Wildman–Crippen LogP) is 4.86. The van der Waals surface area contributed by atoms with Crippen LogP contribution in [0.2, 0.25) is 0 Å². The van der Waals surface area contributed by atoms with Gasteiger partial charge in [0.2, 0.25) is 11.5 Å². The minimum Gasteiger partial charge on any atom is -0.493 e. The zero-order valence-electron chi connectivity index (χ0n) is 26.5. The number of benzene rings is 3. The highest BCUT2D eigenvalue weighted by Crippen LogP contribution is 2.41. The third-order valence-electron chi connectivity index (χ3n) is 7.20. The summed E-state index contributed by atoms with van der Waals surface area (Å²) < 4.78 is 49.5. The zero-order chi connectivity index (χ0) is 33.0. The quantitative estimate of drug-likeness (QED) is 0.161. The molecule has 3 aromatic carbocycles. The minimum absolute atomic E-state index is 0.147. The van der Waals surface area contributed by atoms with Crippen LogP contribution in [0.25, 0.3) is 0 Å². The molecule has 0 amide bonds. The maximum atomic E-state index is 13.3. The molecule has 2 unspecified atom stereocenters. The van der Waals surface area contributed by atoms with E-state index < -0.39 is 23.6 Å². The van der Waals surface area contributed by atoms with Crippen molar-refractivity contribution in [1.29, 1.82) is 0 Å². The van der Waals surface area contributed by atoms with Gasteiger partial charge in [-0.25, -0.2) is 9.59 Å². The Balaban J connectivity index is 1.87. The number of esters is 2. The standard InChI is InChI=1S/C33H40O12/c1-8-33(18-43-30(34)21-12-10-9-11-13-21,19-44-31(35)22-14-24(37-2)28(41-6)25(15-22)38-3)20-45-32(36)23-16-26(39-4)29(42-7)27(17-23)40-5/h9-17,31,35H,8,18-20H2,1-7H3. The molecule has 0 fully saturated rings.